The predicted molar refractivity (Wildman–Crippen MR) is 121 cm³/mol. The van der Waals surface area contributed by atoms with Gasteiger partial charge in [0.1, 0.15) is 5.82 Å². The molecule has 0 spiro atoms. The monoisotopic (exact) mass is 407 g/mol. The lowest BCUT2D eigenvalue weighted by Gasteiger charge is -2.38. The summed E-state index contributed by atoms with van der Waals surface area (Å²) in [5.74, 6) is -1.66. The SMILES string of the molecule is [B]C(c1cc(F)c(C(=N)N=N)c(N2CCN(C/C(N)=C/C=C\N)CC2)c1)C([B])(C)C. The van der Waals surface area contributed by atoms with Crippen molar-refractivity contribution in [3.63, 3.8) is 0 Å². The van der Waals surface area contributed by atoms with Gasteiger partial charge in [-0.3, -0.25) is 10.3 Å². The van der Waals surface area contributed by atoms with Crippen LogP contribution in [0.3, 0.4) is 0 Å². The fourth-order valence-corrected chi connectivity index (χ4v) is 3.40. The molecule has 0 bridgehead atoms. The van der Waals surface area contributed by atoms with E-state index in [0.717, 1.165) is 0 Å². The van der Waals surface area contributed by atoms with E-state index in [0.29, 0.717) is 49.7 Å². The maximum absolute atomic E-state index is 15.0. The van der Waals surface area contributed by atoms with Gasteiger partial charge in [-0.05, 0) is 36.0 Å². The van der Waals surface area contributed by atoms with E-state index < -0.39 is 22.8 Å². The zero-order valence-corrected chi connectivity index (χ0v) is 17.5. The largest absolute Gasteiger partial charge is 0.405 e. The molecule has 1 heterocycles. The molecule has 7 nitrogen and oxygen atoms in total. The summed E-state index contributed by atoms with van der Waals surface area (Å²) in [6.45, 7) is 6.76. The molecule has 0 amide bonds. The van der Waals surface area contributed by atoms with Crippen molar-refractivity contribution < 1.29 is 4.39 Å². The number of allylic oxidation sites excluding steroid dienone is 2. The molecule has 10 heteroatoms. The fourth-order valence-electron chi connectivity index (χ4n) is 3.40. The number of anilines is 1. The molecule has 1 aromatic rings. The van der Waals surface area contributed by atoms with Crippen LogP contribution in [-0.2, 0) is 0 Å². The lowest BCUT2D eigenvalue weighted by molar-refractivity contribution is 0.277. The zero-order chi connectivity index (χ0) is 22.5. The number of nitrogens with one attached hydrogen (secondary N) is 2. The highest BCUT2D eigenvalue weighted by Crippen LogP contribution is 2.39. The molecule has 0 saturated carbocycles. The summed E-state index contributed by atoms with van der Waals surface area (Å²) in [6, 6.07) is 3.04. The van der Waals surface area contributed by atoms with Crippen molar-refractivity contribution in [1.29, 1.82) is 10.9 Å². The zero-order valence-electron chi connectivity index (χ0n) is 17.5. The van der Waals surface area contributed by atoms with Crippen molar-refractivity contribution in [3.8, 4) is 0 Å². The van der Waals surface area contributed by atoms with Gasteiger partial charge in [0, 0.05) is 38.4 Å². The van der Waals surface area contributed by atoms with Crippen molar-refractivity contribution >= 4 is 27.2 Å². The number of hydrogen-bond donors (Lipinski definition) is 4. The van der Waals surface area contributed by atoms with E-state index in [1.165, 1.54) is 12.3 Å². The normalized spacial score (nSPS) is 17.3. The summed E-state index contributed by atoms with van der Waals surface area (Å²) in [7, 11) is 12.4. The minimum Gasteiger partial charge on any atom is -0.405 e. The average Bonchev–Trinajstić information content (AvgIpc) is 2.70. The molecule has 1 fully saturated rings. The minimum absolute atomic E-state index is 0.00304. The lowest BCUT2D eigenvalue weighted by atomic mass is 9.54. The molecule has 1 aromatic carbocycles. The molecule has 1 unspecified atom stereocenters. The molecule has 2 rings (SSSR count). The molecular formula is C20H28B2FN7. The molecule has 156 valence electrons. The average molecular weight is 407 g/mol. The highest BCUT2D eigenvalue weighted by molar-refractivity contribution is 6.24. The first-order valence-electron chi connectivity index (χ1n) is 9.73. The van der Waals surface area contributed by atoms with Gasteiger partial charge in [0.05, 0.1) is 26.9 Å². The van der Waals surface area contributed by atoms with Crippen molar-refractivity contribution in [1.82, 2.24) is 4.90 Å². The smallest absolute Gasteiger partial charge is 0.178 e. The number of rotatable bonds is 7. The van der Waals surface area contributed by atoms with E-state index in [9.17, 15) is 4.39 Å². The molecular weight excluding hydrogens is 379 g/mol. The maximum Gasteiger partial charge on any atom is 0.178 e. The quantitative estimate of drug-likeness (QED) is 0.182. The van der Waals surface area contributed by atoms with Crippen LogP contribution in [0.15, 0.2) is 41.3 Å². The summed E-state index contributed by atoms with van der Waals surface area (Å²) in [5.41, 5.74) is 20.2. The van der Waals surface area contributed by atoms with Crippen LogP contribution in [0.25, 0.3) is 0 Å². The number of hydrogen-bond acceptors (Lipinski definition) is 6. The number of amidine groups is 1. The minimum atomic E-state index is -0.751. The summed E-state index contributed by atoms with van der Waals surface area (Å²) < 4.78 is 15.0. The third-order valence-electron chi connectivity index (χ3n) is 5.14. The van der Waals surface area contributed by atoms with Gasteiger partial charge in [0.2, 0.25) is 0 Å². The first-order valence-corrected chi connectivity index (χ1v) is 9.73. The molecule has 1 aliphatic heterocycles. The van der Waals surface area contributed by atoms with Gasteiger partial charge in [0.25, 0.3) is 0 Å². The Balaban J connectivity index is 2.30. The van der Waals surface area contributed by atoms with E-state index in [-0.39, 0.29) is 5.56 Å². The Kier molecular flexibility index (Phi) is 7.83. The van der Waals surface area contributed by atoms with E-state index in [2.05, 4.69) is 10.0 Å². The molecule has 1 saturated heterocycles. The molecule has 0 aliphatic carbocycles. The predicted octanol–water partition coefficient (Wildman–Crippen LogP) is 2.20. The van der Waals surface area contributed by atoms with Gasteiger partial charge < -0.3 is 16.4 Å². The second kappa shape index (κ2) is 9.93. The molecule has 1 atom stereocenters. The maximum atomic E-state index is 15.0. The van der Waals surface area contributed by atoms with Crippen LogP contribution in [0, 0.1) is 16.8 Å². The van der Waals surface area contributed by atoms with Gasteiger partial charge >= 0.3 is 0 Å². The first kappa shape index (κ1) is 23.7. The second-order valence-corrected chi connectivity index (χ2v) is 8.05. The Morgan fingerprint density at radius 3 is 2.50 bits per heavy atom. The van der Waals surface area contributed by atoms with Crippen LogP contribution < -0.4 is 16.4 Å². The van der Waals surface area contributed by atoms with Crippen molar-refractivity contribution in [2.75, 3.05) is 37.6 Å². The van der Waals surface area contributed by atoms with E-state index >= 15 is 0 Å². The fraction of sp³-hybridized carbons (Fsp3) is 0.450. The molecule has 30 heavy (non-hydrogen) atoms. The molecule has 4 radical (unpaired) electrons. The second-order valence-electron chi connectivity index (χ2n) is 8.05. The Hall–Kier alpha value is -2.61. The van der Waals surface area contributed by atoms with Crippen LogP contribution in [0.1, 0.15) is 30.8 Å². The van der Waals surface area contributed by atoms with Crippen LogP contribution in [-0.4, -0.2) is 59.2 Å². The van der Waals surface area contributed by atoms with Crippen molar-refractivity contribution in [3.05, 3.63) is 53.1 Å². The van der Waals surface area contributed by atoms with Gasteiger partial charge in [-0.15, -0.1) is 5.11 Å². The summed E-state index contributed by atoms with van der Waals surface area (Å²) >= 11 is 0. The van der Waals surface area contributed by atoms with Gasteiger partial charge in [-0.1, -0.05) is 25.0 Å². The van der Waals surface area contributed by atoms with Gasteiger partial charge in [-0.2, -0.15) is 0 Å². The number of halogens is 1. The highest BCUT2D eigenvalue weighted by atomic mass is 19.1. The van der Waals surface area contributed by atoms with Crippen molar-refractivity contribution in [2.24, 2.45) is 16.6 Å². The number of nitrogens with zero attached hydrogens (tertiary/aromatic N) is 3. The van der Waals surface area contributed by atoms with Gasteiger partial charge in [0.15, 0.2) is 5.84 Å². The van der Waals surface area contributed by atoms with E-state index in [1.54, 1.807) is 32.1 Å². The topological polar surface area (TPSA) is 119 Å². The molecule has 1 aliphatic rings. The third-order valence-corrected chi connectivity index (χ3v) is 5.14. The molecule has 0 aromatic heterocycles. The number of nitrogens with two attached hydrogens (primary N) is 2. The van der Waals surface area contributed by atoms with Crippen LogP contribution in [0.4, 0.5) is 10.1 Å². The van der Waals surface area contributed by atoms with Crippen LogP contribution in [0.2, 0.25) is 5.31 Å². The third kappa shape index (κ3) is 5.72. The van der Waals surface area contributed by atoms with Crippen LogP contribution >= 0.6 is 0 Å². The summed E-state index contributed by atoms with van der Waals surface area (Å²) in [5, 5.41) is 10.3. The Labute approximate surface area is 180 Å². The summed E-state index contributed by atoms with van der Waals surface area (Å²) in [6.07, 6.45) is 4.87. The van der Waals surface area contributed by atoms with E-state index in [4.69, 9.17) is 38.1 Å². The Morgan fingerprint density at radius 1 is 1.33 bits per heavy atom. The van der Waals surface area contributed by atoms with Crippen LogP contribution in [0.5, 0.6) is 0 Å². The highest BCUT2D eigenvalue weighted by Gasteiger charge is 2.27. The Bertz CT molecular complexity index is 840. The number of piperazine rings is 1. The lowest BCUT2D eigenvalue weighted by Crippen LogP contribution is -2.47. The van der Waals surface area contributed by atoms with E-state index in [1.807, 2.05) is 4.90 Å². The van der Waals surface area contributed by atoms with Crippen molar-refractivity contribution in [2.45, 2.75) is 25.0 Å². The standard InChI is InChI=1S/C20H28B2FN7/c1-20(2,22)18(21)13-10-15(23)17(19(26)28-27)16(11-13)30-8-6-29(7-9-30)12-14(25)4-3-5-24/h3-5,10-11,18,26-27H,6-9,12,24-25H2,1-2H3/b5-3-,14-4-,26-19?,28-27?. The van der Waals surface area contributed by atoms with Gasteiger partial charge in [-0.25, -0.2) is 9.92 Å². The first-order chi connectivity index (χ1) is 14.1. The number of benzene rings is 1. The summed E-state index contributed by atoms with van der Waals surface area (Å²) in [4.78, 5) is 4.16. The molecule has 6 N–H and O–H groups in total. The Morgan fingerprint density at radius 2 is 1.97 bits per heavy atom.